The van der Waals surface area contributed by atoms with Crippen LogP contribution in [0.15, 0.2) is 28.7 Å². The van der Waals surface area contributed by atoms with E-state index in [2.05, 4.69) is 21.2 Å². The summed E-state index contributed by atoms with van der Waals surface area (Å²) in [6, 6.07) is 7.56. The number of benzene rings is 1. The first kappa shape index (κ1) is 16.0. The highest BCUT2D eigenvalue weighted by Crippen LogP contribution is 2.15. The summed E-state index contributed by atoms with van der Waals surface area (Å²) in [4.78, 5) is 11.8. The zero-order chi connectivity index (χ0) is 14.3. The number of halogens is 1. The van der Waals surface area contributed by atoms with Crippen molar-refractivity contribution >= 4 is 21.8 Å². The van der Waals surface area contributed by atoms with Crippen molar-refractivity contribution in [1.29, 1.82) is 0 Å². The molecule has 1 aromatic rings. The number of ether oxygens (including phenoxy) is 1. The van der Waals surface area contributed by atoms with Crippen molar-refractivity contribution in [2.45, 2.75) is 32.2 Å². The standard InChI is InChI=1S/C14H21BrN2O2/c1-3-8-14(2,16)13(18)17-9-10-19-12-6-4-11(15)5-7-12/h4-7H,3,8-10,16H2,1-2H3,(H,17,18). The van der Waals surface area contributed by atoms with Gasteiger partial charge < -0.3 is 15.8 Å². The predicted molar refractivity (Wildman–Crippen MR) is 80.1 cm³/mol. The van der Waals surface area contributed by atoms with E-state index >= 15 is 0 Å². The van der Waals surface area contributed by atoms with Gasteiger partial charge in [0.15, 0.2) is 0 Å². The number of hydrogen-bond donors (Lipinski definition) is 2. The van der Waals surface area contributed by atoms with Gasteiger partial charge in [0.2, 0.25) is 5.91 Å². The van der Waals surface area contributed by atoms with Crippen LogP contribution in [0.25, 0.3) is 0 Å². The summed E-state index contributed by atoms with van der Waals surface area (Å²) in [7, 11) is 0. The summed E-state index contributed by atoms with van der Waals surface area (Å²) in [6.07, 6.45) is 1.56. The van der Waals surface area contributed by atoms with Crippen LogP contribution in [0, 0.1) is 0 Å². The molecule has 0 aliphatic heterocycles. The van der Waals surface area contributed by atoms with Crippen LogP contribution in [0.5, 0.6) is 5.75 Å². The second-order valence-electron chi connectivity index (χ2n) is 4.73. The van der Waals surface area contributed by atoms with Crippen LogP contribution in [0.2, 0.25) is 0 Å². The van der Waals surface area contributed by atoms with Crippen molar-refractivity contribution in [3.05, 3.63) is 28.7 Å². The summed E-state index contributed by atoms with van der Waals surface area (Å²) in [5.74, 6) is 0.648. The summed E-state index contributed by atoms with van der Waals surface area (Å²) >= 11 is 3.36. The van der Waals surface area contributed by atoms with Gasteiger partial charge in [-0.25, -0.2) is 0 Å². The Kier molecular flexibility index (Phi) is 6.31. The molecule has 4 nitrogen and oxygen atoms in total. The Labute approximate surface area is 122 Å². The lowest BCUT2D eigenvalue weighted by Crippen LogP contribution is -2.52. The molecule has 0 heterocycles. The van der Waals surface area contributed by atoms with Crippen molar-refractivity contribution in [2.24, 2.45) is 5.73 Å². The average Bonchev–Trinajstić information content (AvgIpc) is 2.36. The van der Waals surface area contributed by atoms with E-state index in [4.69, 9.17) is 10.5 Å². The Morgan fingerprint density at radius 2 is 2.05 bits per heavy atom. The van der Waals surface area contributed by atoms with Crippen molar-refractivity contribution in [2.75, 3.05) is 13.2 Å². The van der Waals surface area contributed by atoms with Crippen molar-refractivity contribution in [3.63, 3.8) is 0 Å². The van der Waals surface area contributed by atoms with Gasteiger partial charge in [0.05, 0.1) is 12.1 Å². The van der Waals surface area contributed by atoms with Gasteiger partial charge in [0, 0.05) is 4.47 Å². The number of carbonyl (C=O) groups is 1. The van der Waals surface area contributed by atoms with Gasteiger partial charge in [0.25, 0.3) is 0 Å². The highest BCUT2D eigenvalue weighted by molar-refractivity contribution is 9.10. The molecule has 0 bridgehead atoms. The van der Waals surface area contributed by atoms with Gasteiger partial charge in [-0.15, -0.1) is 0 Å². The molecular formula is C14H21BrN2O2. The van der Waals surface area contributed by atoms with Crippen molar-refractivity contribution in [1.82, 2.24) is 5.32 Å². The number of rotatable bonds is 7. The molecule has 0 aliphatic rings. The number of nitrogens with one attached hydrogen (secondary N) is 1. The average molecular weight is 329 g/mol. The molecule has 19 heavy (non-hydrogen) atoms. The lowest BCUT2D eigenvalue weighted by atomic mass is 9.97. The molecule has 0 aliphatic carbocycles. The third-order valence-electron chi connectivity index (χ3n) is 2.76. The third-order valence-corrected chi connectivity index (χ3v) is 3.29. The maximum atomic E-state index is 11.8. The molecule has 0 saturated carbocycles. The fraction of sp³-hybridized carbons (Fsp3) is 0.500. The molecule has 1 unspecified atom stereocenters. The minimum atomic E-state index is -0.799. The van der Waals surface area contributed by atoms with E-state index in [1.807, 2.05) is 31.2 Å². The van der Waals surface area contributed by atoms with E-state index in [0.29, 0.717) is 19.6 Å². The lowest BCUT2D eigenvalue weighted by Gasteiger charge is -2.22. The number of nitrogens with two attached hydrogens (primary N) is 1. The minimum absolute atomic E-state index is 0.131. The molecule has 106 valence electrons. The normalized spacial score (nSPS) is 13.7. The molecule has 0 radical (unpaired) electrons. The van der Waals surface area contributed by atoms with E-state index in [1.165, 1.54) is 0 Å². The summed E-state index contributed by atoms with van der Waals surface area (Å²) in [6.45, 7) is 4.64. The first-order valence-corrected chi connectivity index (χ1v) is 7.20. The van der Waals surface area contributed by atoms with Gasteiger partial charge >= 0.3 is 0 Å². The third kappa shape index (κ3) is 5.61. The molecule has 0 spiro atoms. The second-order valence-corrected chi connectivity index (χ2v) is 5.64. The summed E-state index contributed by atoms with van der Waals surface area (Å²) in [5.41, 5.74) is 5.12. The highest BCUT2D eigenvalue weighted by atomic mass is 79.9. The molecule has 1 aromatic carbocycles. The lowest BCUT2D eigenvalue weighted by molar-refractivity contribution is -0.126. The number of amides is 1. The number of hydrogen-bond acceptors (Lipinski definition) is 3. The summed E-state index contributed by atoms with van der Waals surface area (Å²) < 4.78 is 6.51. The zero-order valence-electron chi connectivity index (χ0n) is 11.4. The smallest absolute Gasteiger partial charge is 0.239 e. The van der Waals surface area contributed by atoms with Gasteiger partial charge in [-0.2, -0.15) is 0 Å². The van der Waals surface area contributed by atoms with Crippen LogP contribution < -0.4 is 15.8 Å². The van der Waals surface area contributed by atoms with Crippen LogP contribution in [0.1, 0.15) is 26.7 Å². The van der Waals surface area contributed by atoms with Gasteiger partial charge in [-0.1, -0.05) is 29.3 Å². The topological polar surface area (TPSA) is 64.4 Å². The van der Waals surface area contributed by atoms with Crippen molar-refractivity contribution in [3.8, 4) is 5.75 Å². The van der Waals surface area contributed by atoms with Gasteiger partial charge in [-0.05, 0) is 37.6 Å². The SMILES string of the molecule is CCCC(C)(N)C(=O)NCCOc1ccc(Br)cc1. The number of carbonyl (C=O) groups excluding carboxylic acids is 1. The van der Waals surface area contributed by atoms with E-state index < -0.39 is 5.54 Å². The molecule has 5 heteroatoms. The molecule has 3 N–H and O–H groups in total. The molecule has 0 aromatic heterocycles. The quantitative estimate of drug-likeness (QED) is 0.756. The fourth-order valence-corrected chi connectivity index (χ4v) is 1.96. The van der Waals surface area contributed by atoms with E-state index in [-0.39, 0.29) is 5.91 Å². The molecule has 1 atom stereocenters. The molecule has 0 saturated heterocycles. The van der Waals surface area contributed by atoms with Gasteiger partial charge in [0.1, 0.15) is 12.4 Å². The Morgan fingerprint density at radius 3 is 2.63 bits per heavy atom. The van der Waals surface area contributed by atoms with Crippen molar-refractivity contribution < 1.29 is 9.53 Å². The minimum Gasteiger partial charge on any atom is -0.492 e. The van der Waals surface area contributed by atoms with Crippen LogP contribution in [-0.2, 0) is 4.79 Å². The fourth-order valence-electron chi connectivity index (χ4n) is 1.70. The van der Waals surface area contributed by atoms with Gasteiger partial charge in [-0.3, -0.25) is 4.79 Å². The Bertz CT molecular complexity index is 404. The van der Waals surface area contributed by atoms with Crippen LogP contribution in [0.3, 0.4) is 0 Å². The maximum Gasteiger partial charge on any atom is 0.239 e. The molecule has 1 amide bonds. The van der Waals surface area contributed by atoms with Crippen LogP contribution >= 0.6 is 15.9 Å². The first-order valence-electron chi connectivity index (χ1n) is 6.41. The maximum absolute atomic E-state index is 11.8. The zero-order valence-corrected chi connectivity index (χ0v) is 13.0. The molecular weight excluding hydrogens is 308 g/mol. The van der Waals surface area contributed by atoms with Crippen LogP contribution in [0.4, 0.5) is 0 Å². The first-order chi connectivity index (χ1) is 8.95. The predicted octanol–water partition coefficient (Wildman–Crippen LogP) is 2.46. The monoisotopic (exact) mass is 328 g/mol. The van der Waals surface area contributed by atoms with E-state index in [9.17, 15) is 4.79 Å². The molecule has 0 fully saturated rings. The largest absolute Gasteiger partial charge is 0.492 e. The Balaban J connectivity index is 2.27. The summed E-state index contributed by atoms with van der Waals surface area (Å²) in [5, 5.41) is 2.79. The van der Waals surface area contributed by atoms with E-state index in [1.54, 1.807) is 6.92 Å². The molecule has 1 rings (SSSR count). The Hall–Kier alpha value is -1.07. The highest BCUT2D eigenvalue weighted by Gasteiger charge is 2.26. The Morgan fingerprint density at radius 1 is 1.42 bits per heavy atom. The van der Waals surface area contributed by atoms with Crippen LogP contribution in [-0.4, -0.2) is 24.6 Å². The second kappa shape index (κ2) is 7.50. The van der Waals surface area contributed by atoms with E-state index in [0.717, 1.165) is 16.6 Å².